The predicted octanol–water partition coefficient (Wildman–Crippen LogP) is 2.28. The van der Waals surface area contributed by atoms with Crippen LogP contribution in [0.25, 0.3) is 0 Å². The van der Waals surface area contributed by atoms with Crippen LogP contribution in [-0.4, -0.2) is 34.0 Å². The summed E-state index contributed by atoms with van der Waals surface area (Å²) in [5.41, 5.74) is -0.967. The highest BCUT2D eigenvalue weighted by Gasteiger charge is 2.45. The molecule has 98 valence electrons. The van der Waals surface area contributed by atoms with Crippen LogP contribution in [0, 0.1) is 5.92 Å². The van der Waals surface area contributed by atoms with Gasteiger partial charge in [-0.15, -0.1) is 0 Å². The smallest absolute Gasteiger partial charge is 0.329 e. The Morgan fingerprint density at radius 2 is 2.00 bits per heavy atom. The first kappa shape index (κ1) is 14.0. The van der Waals surface area contributed by atoms with Gasteiger partial charge in [0, 0.05) is 13.5 Å². The molecule has 0 spiro atoms. The van der Waals surface area contributed by atoms with Gasteiger partial charge in [-0.25, -0.2) is 4.79 Å². The van der Waals surface area contributed by atoms with Crippen molar-refractivity contribution in [3.05, 3.63) is 0 Å². The molecular formula is C13H23NO3. The Bertz CT molecular complexity index is 303. The lowest BCUT2D eigenvalue weighted by Gasteiger charge is -2.39. The molecular weight excluding hydrogens is 218 g/mol. The fraction of sp³-hybridized carbons (Fsp3) is 0.846. The van der Waals surface area contributed by atoms with E-state index in [9.17, 15) is 14.7 Å². The monoisotopic (exact) mass is 241 g/mol. The van der Waals surface area contributed by atoms with Gasteiger partial charge in [0.25, 0.3) is 0 Å². The van der Waals surface area contributed by atoms with Crippen molar-refractivity contribution in [2.75, 3.05) is 6.54 Å². The molecule has 0 aliphatic heterocycles. The second-order valence-electron chi connectivity index (χ2n) is 5.14. The van der Waals surface area contributed by atoms with Crippen molar-refractivity contribution in [3.8, 4) is 0 Å². The Balaban J connectivity index is 3.03. The van der Waals surface area contributed by atoms with E-state index in [2.05, 4.69) is 6.92 Å². The molecule has 0 saturated heterocycles. The maximum Gasteiger partial charge on any atom is 0.329 e. The third-order valence-electron chi connectivity index (χ3n) is 3.95. The molecule has 1 saturated carbocycles. The van der Waals surface area contributed by atoms with Gasteiger partial charge in [-0.1, -0.05) is 19.8 Å². The van der Waals surface area contributed by atoms with E-state index in [0.29, 0.717) is 25.3 Å². The summed E-state index contributed by atoms with van der Waals surface area (Å²) in [4.78, 5) is 24.8. The molecule has 1 N–H and O–H groups in total. The van der Waals surface area contributed by atoms with Crippen LogP contribution in [0.5, 0.6) is 0 Å². The third kappa shape index (κ3) is 2.79. The maximum atomic E-state index is 11.6. The highest BCUT2D eigenvalue weighted by atomic mass is 16.4. The topological polar surface area (TPSA) is 57.6 Å². The molecule has 1 amide bonds. The van der Waals surface area contributed by atoms with Gasteiger partial charge in [0.1, 0.15) is 5.54 Å². The van der Waals surface area contributed by atoms with Crippen molar-refractivity contribution in [2.24, 2.45) is 5.92 Å². The van der Waals surface area contributed by atoms with Crippen molar-refractivity contribution >= 4 is 11.9 Å². The van der Waals surface area contributed by atoms with Crippen molar-refractivity contribution in [3.63, 3.8) is 0 Å². The van der Waals surface area contributed by atoms with Gasteiger partial charge in [-0.05, 0) is 32.1 Å². The number of rotatable bonds is 3. The zero-order valence-electron chi connectivity index (χ0n) is 11.0. The van der Waals surface area contributed by atoms with Crippen molar-refractivity contribution in [1.29, 1.82) is 0 Å². The number of amides is 1. The number of carbonyl (C=O) groups is 2. The van der Waals surface area contributed by atoms with Gasteiger partial charge < -0.3 is 10.0 Å². The fourth-order valence-corrected chi connectivity index (χ4v) is 2.92. The van der Waals surface area contributed by atoms with Crippen LogP contribution in [0.1, 0.15) is 52.9 Å². The molecule has 1 rings (SSSR count). The minimum absolute atomic E-state index is 0.135. The summed E-state index contributed by atoms with van der Waals surface area (Å²) in [6, 6.07) is 0. The maximum absolute atomic E-state index is 11.6. The molecule has 1 aliphatic carbocycles. The van der Waals surface area contributed by atoms with E-state index in [4.69, 9.17) is 0 Å². The van der Waals surface area contributed by atoms with E-state index in [0.717, 1.165) is 19.3 Å². The Labute approximate surface area is 103 Å². The Kier molecular flexibility index (Phi) is 4.54. The molecule has 17 heavy (non-hydrogen) atoms. The van der Waals surface area contributed by atoms with Crippen LogP contribution in [0.15, 0.2) is 0 Å². The summed E-state index contributed by atoms with van der Waals surface area (Å²) < 4.78 is 0. The average Bonchev–Trinajstić information content (AvgIpc) is 2.42. The minimum atomic E-state index is -0.967. The summed E-state index contributed by atoms with van der Waals surface area (Å²) in [6.45, 7) is 5.93. The minimum Gasteiger partial charge on any atom is -0.479 e. The summed E-state index contributed by atoms with van der Waals surface area (Å²) in [5.74, 6) is -0.421. The summed E-state index contributed by atoms with van der Waals surface area (Å²) in [7, 11) is 0. The summed E-state index contributed by atoms with van der Waals surface area (Å²) in [5, 5.41) is 9.56. The SMILES string of the molecule is CCN(C(C)=O)C1(C(=O)O)CCCC(C)CC1. The Morgan fingerprint density at radius 1 is 1.35 bits per heavy atom. The molecule has 2 unspecified atom stereocenters. The van der Waals surface area contributed by atoms with Gasteiger partial charge >= 0.3 is 5.97 Å². The van der Waals surface area contributed by atoms with Gasteiger partial charge in [-0.3, -0.25) is 4.79 Å². The first-order valence-electron chi connectivity index (χ1n) is 6.45. The van der Waals surface area contributed by atoms with E-state index >= 15 is 0 Å². The summed E-state index contributed by atoms with van der Waals surface area (Å²) >= 11 is 0. The normalized spacial score (nSPS) is 29.5. The number of hydrogen-bond donors (Lipinski definition) is 1. The molecule has 4 heteroatoms. The molecule has 0 aromatic heterocycles. The first-order valence-corrected chi connectivity index (χ1v) is 6.45. The zero-order chi connectivity index (χ0) is 13.1. The van der Waals surface area contributed by atoms with E-state index in [1.165, 1.54) is 11.8 Å². The second-order valence-corrected chi connectivity index (χ2v) is 5.14. The van der Waals surface area contributed by atoms with Crippen LogP contribution in [-0.2, 0) is 9.59 Å². The largest absolute Gasteiger partial charge is 0.479 e. The van der Waals surface area contributed by atoms with Crippen LogP contribution in [0.4, 0.5) is 0 Å². The standard InChI is InChI=1S/C13H23NO3/c1-4-14(11(3)15)13(12(16)17)8-5-6-10(2)7-9-13/h10H,4-9H2,1-3H3,(H,16,17). The van der Waals surface area contributed by atoms with Crippen LogP contribution >= 0.6 is 0 Å². The lowest BCUT2D eigenvalue weighted by molar-refractivity contribution is -0.159. The summed E-state index contributed by atoms with van der Waals surface area (Å²) in [6.07, 6.45) is 3.99. The fourth-order valence-electron chi connectivity index (χ4n) is 2.92. The lowest BCUT2D eigenvalue weighted by atomic mass is 9.87. The van der Waals surface area contributed by atoms with Gasteiger partial charge in [0.2, 0.25) is 5.91 Å². The average molecular weight is 241 g/mol. The number of carbonyl (C=O) groups excluding carboxylic acids is 1. The van der Waals surface area contributed by atoms with Crippen molar-refractivity contribution < 1.29 is 14.7 Å². The van der Waals surface area contributed by atoms with Crippen LogP contribution < -0.4 is 0 Å². The second kappa shape index (κ2) is 5.52. The van der Waals surface area contributed by atoms with E-state index in [1.54, 1.807) is 0 Å². The van der Waals surface area contributed by atoms with E-state index in [-0.39, 0.29) is 5.91 Å². The number of carboxylic acid groups (broad SMARTS) is 1. The van der Waals surface area contributed by atoms with Gasteiger partial charge in [-0.2, -0.15) is 0 Å². The Morgan fingerprint density at radius 3 is 2.47 bits per heavy atom. The van der Waals surface area contributed by atoms with Crippen LogP contribution in [0.2, 0.25) is 0 Å². The molecule has 4 nitrogen and oxygen atoms in total. The van der Waals surface area contributed by atoms with E-state index < -0.39 is 11.5 Å². The molecule has 0 bridgehead atoms. The zero-order valence-corrected chi connectivity index (χ0v) is 11.0. The molecule has 0 aromatic carbocycles. The van der Waals surface area contributed by atoms with Gasteiger partial charge in [0.05, 0.1) is 0 Å². The predicted molar refractivity (Wildman–Crippen MR) is 65.7 cm³/mol. The van der Waals surface area contributed by atoms with Gasteiger partial charge in [0.15, 0.2) is 0 Å². The molecule has 0 radical (unpaired) electrons. The first-order chi connectivity index (χ1) is 7.94. The van der Waals surface area contributed by atoms with Crippen LogP contribution in [0.3, 0.4) is 0 Å². The number of carboxylic acids is 1. The lowest BCUT2D eigenvalue weighted by Crippen LogP contribution is -2.56. The number of hydrogen-bond acceptors (Lipinski definition) is 2. The number of nitrogens with zero attached hydrogens (tertiary/aromatic N) is 1. The Hall–Kier alpha value is -1.06. The van der Waals surface area contributed by atoms with Crippen molar-refractivity contribution in [1.82, 2.24) is 4.90 Å². The molecule has 1 aliphatic rings. The number of aliphatic carboxylic acids is 1. The highest BCUT2D eigenvalue weighted by molar-refractivity contribution is 5.86. The molecule has 0 aromatic rings. The molecule has 0 heterocycles. The number of likely N-dealkylation sites (N-methyl/N-ethyl adjacent to an activating group) is 1. The quantitative estimate of drug-likeness (QED) is 0.771. The molecule has 1 fully saturated rings. The van der Waals surface area contributed by atoms with E-state index in [1.807, 2.05) is 6.92 Å². The molecule has 2 atom stereocenters. The third-order valence-corrected chi connectivity index (χ3v) is 3.95. The highest BCUT2D eigenvalue weighted by Crippen LogP contribution is 2.35. The van der Waals surface area contributed by atoms with Crippen molar-refractivity contribution in [2.45, 2.75) is 58.4 Å².